The number of rotatable bonds is 2. The van der Waals surface area contributed by atoms with Gasteiger partial charge in [-0.25, -0.2) is 4.39 Å². The van der Waals surface area contributed by atoms with E-state index in [9.17, 15) is 9.50 Å². The van der Waals surface area contributed by atoms with Crippen molar-refractivity contribution < 1.29 is 9.50 Å². The number of fused-ring (bicyclic) bond motifs is 1. The number of aliphatic hydroxyl groups is 1. The van der Waals surface area contributed by atoms with E-state index < -0.39 is 6.10 Å². The van der Waals surface area contributed by atoms with Gasteiger partial charge >= 0.3 is 0 Å². The molecule has 0 saturated heterocycles. The molecule has 1 aliphatic heterocycles. The Morgan fingerprint density at radius 1 is 1.16 bits per heavy atom. The molecule has 2 aromatic rings. The van der Waals surface area contributed by atoms with Gasteiger partial charge in [-0.15, -0.1) is 0 Å². The second-order valence-corrected chi connectivity index (χ2v) is 4.95. The Balaban J connectivity index is 1.81. The Morgan fingerprint density at radius 2 is 2.00 bits per heavy atom. The van der Waals surface area contributed by atoms with E-state index in [0.29, 0.717) is 5.56 Å². The van der Waals surface area contributed by atoms with Crippen LogP contribution in [0, 0.1) is 5.82 Å². The van der Waals surface area contributed by atoms with Gasteiger partial charge in [0.2, 0.25) is 0 Å². The van der Waals surface area contributed by atoms with Gasteiger partial charge in [-0.1, -0.05) is 30.3 Å². The first-order chi connectivity index (χ1) is 9.24. The lowest BCUT2D eigenvalue weighted by molar-refractivity contribution is 0.148. The van der Waals surface area contributed by atoms with Crippen molar-refractivity contribution in [2.45, 2.75) is 25.0 Å². The van der Waals surface area contributed by atoms with E-state index in [2.05, 4.69) is 11.4 Å². The molecular weight excluding hydrogens is 241 g/mol. The maximum Gasteiger partial charge on any atom is 0.123 e. The lowest BCUT2D eigenvalue weighted by Crippen LogP contribution is -2.31. The maximum absolute atomic E-state index is 13.2. The van der Waals surface area contributed by atoms with Crippen molar-refractivity contribution in [3.05, 3.63) is 65.5 Å². The molecule has 0 aliphatic carbocycles. The molecule has 1 aliphatic rings. The van der Waals surface area contributed by atoms with E-state index >= 15 is 0 Å². The molecule has 0 saturated carbocycles. The Bertz CT molecular complexity index is 584. The summed E-state index contributed by atoms with van der Waals surface area (Å²) >= 11 is 0. The van der Waals surface area contributed by atoms with Gasteiger partial charge in [0, 0.05) is 5.69 Å². The Labute approximate surface area is 111 Å². The number of hydrogen-bond acceptors (Lipinski definition) is 2. The highest BCUT2D eigenvalue weighted by Gasteiger charge is 2.25. The van der Waals surface area contributed by atoms with Gasteiger partial charge < -0.3 is 10.4 Å². The molecule has 1 heterocycles. The van der Waals surface area contributed by atoms with Crippen LogP contribution in [0.4, 0.5) is 10.1 Å². The van der Waals surface area contributed by atoms with E-state index in [4.69, 9.17) is 0 Å². The Kier molecular flexibility index (Phi) is 3.22. The first kappa shape index (κ1) is 12.2. The highest BCUT2D eigenvalue weighted by atomic mass is 19.1. The van der Waals surface area contributed by atoms with Crippen molar-refractivity contribution in [1.29, 1.82) is 0 Å². The predicted octanol–water partition coefficient (Wildman–Crippen LogP) is 3.29. The van der Waals surface area contributed by atoms with E-state index in [1.165, 1.54) is 17.7 Å². The first-order valence-electron chi connectivity index (χ1n) is 6.52. The van der Waals surface area contributed by atoms with Gasteiger partial charge in [-0.3, -0.25) is 0 Å². The average molecular weight is 257 g/mol. The van der Waals surface area contributed by atoms with Crippen LogP contribution >= 0.6 is 0 Å². The molecule has 0 aromatic heterocycles. The Hall–Kier alpha value is -1.87. The van der Waals surface area contributed by atoms with E-state index in [0.717, 1.165) is 18.5 Å². The third kappa shape index (κ3) is 2.47. The number of hydrogen-bond donors (Lipinski definition) is 2. The average Bonchev–Trinajstić information content (AvgIpc) is 2.46. The molecule has 19 heavy (non-hydrogen) atoms. The van der Waals surface area contributed by atoms with Crippen LogP contribution in [0.5, 0.6) is 0 Å². The topological polar surface area (TPSA) is 32.3 Å². The van der Waals surface area contributed by atoms with E-state index in [-0.39, 0.29) is 11.9 Å². The van der Waals surface area contributed by atoms with Gasteiger partial charge in [0.1, 0.15) is 5.82 Å². The van der Waals surface area contributed by atoms with Crippen LogP contribution in [0.2, 0.25) is 0 Å². The number of halogens is 1. The fraction of sp³-hybridized carbons (Fsp3) is 0.250. The molecule has 0 bridgehead atoms. The summed E-state index contributed by atoms with van der Waals surface area (Å²) in [5, 5.41) is 13.7. The molecule has 3 heteroatoms. The number of anilines is 1. The van der Waals surface area contributed by atoms with E-state index in [1.54, 1.807) is 12.1 Å². The fourth-order valence-electron chi connectivity index (χ4n) is 2.62. The number of para-hydroxylation sites is 1. The van der Waals surface area contributed by atoms with Gasteiger partial charge in [0.15, 0.2) is 0 Å². The maximum atomic E-state index is 13.2. The van der Waals surface area contributed by atoms with Crippen LogP contribution in [-0.4, -0.2) is 11.1 Å². The molecule has 2 unspecified atom stereocenters. The van der Waals surface area contributed by atoms with Crippen molar-refractivity contribution in [1.82, 2.24) is 0 Å². The van der Waals surface area contributed by atoms with Crippen LogP contribution in [0.25, 0.3) is 0 Å². The summed E-state index contributed by atoms with van der Waals surface area (Å²) in [6, 6.07) is 14.2. The van der Waals surface area contributed by atoms with Crippen LogP contribution < -0.4 is 5.32 Å². The molecule has 98 valence electrons. The lowest BCUT2D eigenvalue weighted by Gasteiger charge is -2.30. The Morgan fingerprint density at radius 3 is 2.84 bits per heavy atom. The van der Waals surface area contributed by atoms with Crippen LogP contribution in [-0.2, 0) is 6.42 Å². The van der Waals surface area contributed by atoms with Crippen LogP contribution in [0.1, 0.15) is 23.7 Å². The second kappa shape index (κ2) is 5.02. The van der Waals surface area contributed by atoms with Crippen molar-refractivity contribution in [2.75, 3.05) is 5.32 Å². The third-order valence-corrected chi connectivity index (χ3v) is 3.65. The predicted molar refractivity (Wildman–Crippen MR) is 73.5 cm³/mol. The number of aliphatic hydroxyl groups excluding tert-OH is 1. The van der Waals surface area contributed by atoms with Crippen LogP contribution in [0.15, 0.2) is 48.5 Å². The van der Waals surface area contributed by atoms with Gasteiger partial charge in [0.25, 0.3) is 0 Å². The third-order valence-electron chi connectivity index (χ3n) is 3.65. The van der Waals surface area contributed by atoms with Gasteiger partial charge in [-0.2, -0.15) is 0 Å². The smallest absolute Gasteiger partial charge is 0.123 e. The van der Waals surface area contributed by atoms with Gasteiger partial charge in [0.05, 0.1) is 12.1 Å². The van der Waals surface area contributed by atoms with Crippen molar-refractivity contribution in [2.24, 2.45) is 0 Å². The molecule has 2 atom stereocenters. The van der Waals surface area contributed by atoms with E-state index in [1.807, 2.05) is 18.2 Å². The van der Waals surface area contributed by atoms with Crippen molar-refractivity contribution >= 4 is 5.69 Å². The molecule has 2 N–H and O–H groups in total. The van der Waals surface area contributed by atoms with Crippen LogP contribution in [0.3, 0.4) is 0 Å². The summed E-state index contributed by atoms with van der Waals surface area (Å²) in [5.41, 5.74) is 2.95. The number of nitrogens with one attached hydrogen (secondary N) is 1. The van der Waals surface area contributed by atoms with Gasteiger partial charge in [-0.05, 0) is 42.2 Å². The highest BCUT2D eigenvalue weighted by Crippen LogP contribution is 2.30. The standard InChI is InChI=1S/C16H16FNO/c17-13-6-3-5-12(10-13)16(19)15-9-8-11-4-1-2-7-14(11)18-15/h1-7,10,15-16,18-19H,8-9H2. The molecule has 0 fully saturated rings. The molecule has 2 aromatic carbocycles. The molecule has 0 spiro atoms. The molecule has 3 rings (SSSR count). The second-order valence-electron chi connectivity index (χ2n) is 4.95. The normalized spacial score (nSPS) is 19.4. The summed E-state index contributed by atoms with van der Waals surface area (Å²) in [6.45, 7) is 0. The summed E-state index contributed by atoms with van der Waals surface area (Å²) in [5.74, 6) is -0.312. The summed E-state index contributed by atoms with van der Waals surface area (Å²) in [6.07, 6.45) is 1.08. The quantitative estimate of drug-likeness (QED) is 0.865. The zero-order chi connectivity index (χ0) is 13.2. The SMILES string of the molecule is OC(c1cccc(F)c1)C1CCc2ccccc2N1. The molecule has 2 nitrogen and oxygen atoms in total. The number of aryl methyl sites for hydroxylation is 1. The summed E-state index contributed by atoms with van der Waals surface area (Å²) < 4.78 is 13.2. The minimum absolute atomic E-state index is 0.0725. The monoisotopic (exact) mass is 257 g/mol. The molecule has 0 amide bonds. The zero-order valence-electron chi connectivity index (χ0n) is 10.5. The summed E-state index contributed by atoms with van der Waals surface area (Å²) in [7, 11) is 0. The fourth-order valence-corrected chi connectivity index (χ4v) is 2.62. The lowest BCUT2D eigenvalue weighted by atomic mass is 9.92. The first-order valence-corrected chi connectivity index (χ1v) is 6.52. The summed E-state index contributed by atoms with van der Waals surface area (Å²) in [4.78, 5) is 0. The minimum atomic E-state index is -0.691. The molecule has 0 radical (unpaired) electrons. The van der Waals surface area contributed by atoms with Crippen molar-refractivity contribution in [3.8, 4) is 0 Å². The minimum Gasteiger partial charge on any atom is -0.386 e. The van der Waals surface area contributed by atoms with Crippen molar-refractivity contribution in [3.63, 3.8) is 0 Å². The number of benzene rings is 2. The zero-order valence-corrected chi connectivity index (χ0v) is 10.5. The molecular formula is C16H16FNO. The largest absolute Gasteiger partial charge is 0.386 e. The highest BCUT2D eigenvalue weighted by molar-refractivity contribution is 5.54.